The number of nitrogens with one attached hydrogen (secondary N) is 1. The van der Waals surface area contributed by atoms with E-state index in [2.05, 4.69) is 22.4 Å². The number of amides is 1. The van der Waals surface area contributed by atoms with E-state index >= 15 is 0 Å². The van der Waals surface area contributed by atoms with Crippen LogP contribution in [0.4, 0.5) is 4.39 Å². The monoisotopic (exact) mass is 489 g/mol. The van der Waals surface area contributed by atoms with Gasteiger partial charge < -0.3 is 14.8 Å². The first kappa shape index (κ1) is 24.2. The summed E-state index contributed by atoms with van der Waals surface area (Å²) in [6.45, 7) is 1.58. The maximum absolute atomic E-state index is 13.5. The number of hydrogen-bond donors (Lipinski definition) is 1. The Morgan fingerprint density at radius 1 is 1.08 bits per heavy atom. The van der Waals surface area contributed by atoms with Crippen LogP contribution in [-0.4, -0.2) is 51.3 Å². The minimum atomic E-state index is -0.319. The van der Waals surface area contributed by atoms with E-state index in [-0.39, 0.29) is 23.8 Å². The quantitative estimate of drug-likeness (QED) is 0.407. The summed E-state index contributed by atoms with van der Waals surface area (Å²) in [4.78, 5) is 28.5. The Balaban J connectivity index is 1.35. The SMILES string of the molecule is CN(CCNC(=O)Cn1ncc2c3ccccc3n(Cc3ccc(F)cc3)c2c1=O)C1CCCCC1. The molecule has 2 aromatic carbocycles. The van der Waals surface area contributed by atoms with Gasteiger partial charge in [-0.2, -0.15) is 5.10 Å². The highest BCUT2D eigenvalue weighted by Crippen LogP contribution is 2.27. The Bertz CT molecular complexity index is 1420. The Hall–Kier alpha value is -3.52. The van der Waals surface area contributed by atoms with Crippen molar-refractivity contribution in [1.29, 1.82) is 0 Å². The zero-order valence-electron chi connectivity index (χ0n) is 20.6. The minimum absolute atomic E-state index is 0.139. The molecule has 0 aliphatic heterocycles. The smallest absolute Gasteiger partial charge is 0.291 e. The van der Waals surface area contributed by atoms with Gasteiger partial charge in [-0.1, -0.05) is 49.6 Å². The van der Waals surface area contributed by atoms with E-state index < -0.39 is 0 Å². The molecule has 0 unspecified atom stereocenters. The van der Waals surface area contributed by atoms with Gasteiger partial charge in [0.1, 0.15) is 17.9 Å². The van der Waals surface area contributed by atoms with Gasteiger partial charge >= 0.3 is 0 Å². The fourth-order valence-electron chi connectivity index (χ4n) is 5.31. The number of nitrogens with zero attached hydrogens (tertiary/aromatic N) is 4. The second-order valence-corrected chi connectivity index (χ2v) is 9.72. The van der Waals surface area contributed by atoms with Gasteiger partial charge in [0.05, 0.1) is 6.20 Å². The van der Waals surface area contributed by atoms with Crippen LogP contribution in [0, 0.1) is 5.82 Å². The number of hydrogen-bond acceptors (Lipinski definition) is 4. The van der Waals surface area contributed by atoms with Crippen LogP contribution in [0.5, 0.6) is 0 Å². The molecule has 36 heavy (non-hydrogen) atoms. The molecule has 1 aliphatic rings. The molecule has 0 atom stereocenters. The van der Waals surface area contributed by atoms with Gasteiger partial charge in [-0.15, -0.1) is 0 Å². The highest BCUT2D eigenvalue weighted by molar-refractivity contribution is 6.07. The first-order chi connectivity index (χ1) is 17.5. The molecule has 0 spiro atoms. The van der Waals surface area contributed by atoms with Gasteiger partial charge in [0, 0.05) is 42.0 Å². The van der Waals surface area contributed by atoms with Crippen LogP contribution in [0.15, 0.2) is 59.5 Å². The molecule has 188 valence electrons. The second-order valence-electron chi connectivity index (χ2n) is 9.72. The summed E-state index contributed by atoms with van der Waals surface area (Å²) >= 11 is 0. The van der Waals surface area contributed by atoms with Crippen LogP contribution in [-0.2, 0) is 17.9 Å². The lowest BCUT2D eigenvalue weighted by atomic mass is 9.94. The van der Waals surface area contributed by atoms with Crippen molar-refractivity contribution in [2.45, 2.75) is 51.2 Å². The predicted octanol–water partition coefficient (Wildman–Crippen LogP) is 3.92. The molecule has 4 aromatic rings. The second kappa shape index (κ2) is 10.6. The lowest BCUT2D eigenvalue weighted by Gasteiger charge is -2.31. The number of aromatic nitrogens is 3. The average Bonchev–Trinajstić information content (AvgIpc) is 3.21. The molecule has 1 N–H and O–H groups in total. The van der Waals surface area contributed by atoms with Gasteiger partial charge in [-0.3, -0.25) is 9.59 Å². The summed E-state index contributed by atoms with van der Waals surface area (Å²) in [6.07, 6.45) is 7.96. The topological polar surface area (TPSA) is 72.2 Å². The first-order valence-corrected chi connectivity index (χ1v) is 12.7. The van der Waals surface area contributed by atoms with Crippen molar-refractivity contribution in [1.82, 2.24) is 24.6 Å². The number of halogens is 1. The fourth-order valence-corrected chi connectivity index (χ4v) is 5.31. The summed E-state index contributed by atoms with van der Waals surface area (Å²) in [5, 5.41) is 8.91. The molecule has 1 fully saturated rings. The lowest BCUT2D eigenvalue weighted by Crippen LogP contribution is -2.41. The Morgan fingerprint density at radius 2 is 1.83 bits per heavy atom. The van der Waals surface area contributed by atoms with E-state index in [9.17, 15) is 14.0 Å². The standard InChI is InChI=1S/C28H32FN5O2/c1-32(22-7-3-2-4-8-22)16-15-30-26(35)19-34-28(36)27-24(17-31-34)23-9-5-6-10-25(23)33(27)18-20-11-13-21(29)14-12-20/h5-6,9-14,17,22H,2-4,7-8,15-16,18-19H2,1H3,(H,30,35). The van der Waals surface area contributed by atoms with Gasteiger partial charge in [0.25, 0.3) is 5.56 Å². The van der Waals surface area contributed by atoms with Gasteiger partial charge in [0.2, 0.25) is 5.91 Å². The summed E-state index contributed by atoms with van der Waals surface area (Å²) < 4.78 is 16.6. The molecule has 0 saturated heterocycles. The van der Waals surface area contributed by atoms with Crippen molar-refractivity contribution in [2.75, 3.05) is 20.1 Å². The molecule has 0 radical (unpaired) electrons. The zero-order chi connectivity index (χ0) is 25.1. The molecule has 2 aromatic heterocycles. The molecule has 7 nitrogen and oxygen atoms in total. The Kier molecular flexibility index (Phi) is 7.13. The van der Waals surface area contributed by atoms with Crippen molar-refractivity contribution in [3.05, 3.63) is 76.5 Å². The van der Waals surface area contributed by atoms with E-state index in [1.54, 1.807) is 18.3 Å². The molecular formula is C28H32FN5O2. The average molecular weight is 490 g/mol. The zero-order valence-corrected chi connectivity index (χ0v) is 20.6. The van der Waals surface area contributed by atoms with Crippen molar-refractivity contribution in [3.63, 3.8) is 0 Å². The molecule has 0 bridgehead atoms. The molecule has 8 heteroatoms. The van der Waals surface area contributed by atoms with Gasteiger partial charge in [-0.05, 0) is 43.7 Å². The van der Waals surface area contributed by atoms with Crippen LogP contribution in [0.1, 0.15) is 37.7 Å². The van der Waals surface area contributed by atoms with Crippen LogP contribution >= 0.6 is 0 Å². The number of para-hydroxylation sites is 1. The van der Waals surface area contributed by atoms with Gasteiger partial charge in [0.15, 0.2) is 0 Å². The van der Waals surface area contributed by atoms with E-state index in [0.717, 1.165) is 28.4 Å². The van der Waals surface area contributed by atoms with E-state index in [0.29, 0.717) is 24.6 Å². The van der Waals surface area contributed by atoms with Crippen molar-refractivity contribution >= 4 is 27.7 Å². The van der Waals surface area contributed by atoms with E-state index in [4.69, 9.17) is 0 Å². The predicted molar refractivity (Wildman–Crippen MR) is 140 cm³/mol. The van der Waals surface area contributed by atoms with E-state index in [1.165, 1.54) is 48.9 Å². The number of fused-ring (bicyclic) bond motifs is 3. The summed E-state index contributed by atoms with van der Waals surface area (Å²) in [5.41, 5.74) is 1.94. The Morgan fingerprint density at radius 3 is 2.61 bits per heavy atom. The highest BCUT2D eigenvalue weighted by atomic mass is 19.1. The van der Waals surface area contributed by atoms with Crippen LogP contribution in [0.2, 0.25) is 0 Å². The molecule has 5 rings (SSSR count). The third kappa shape index (κ3) is 5.04. The first-order valence-electron chi connectivity index (χ1n) is 12.7. The maximum Gasteiger partial charge on any atom is 0.291 e. The molecule has 2 heterocycles. The number of carbonyl (C=O) groups excluding carboxylic acids is 1. The van der Waals surface area contributed by atoms with Crippen LogP contribution in [0.25, 0.3) is 21.8 Å². The van der Waals surface area contributed by atoms with Gasteiger partial charge in [-0.25, -0.2) is 9.07 Å². The van der Waals surface area contributed by atoms with Crippen molar-refractivity contribution in [2.24, 2.45) is 0 Å². The summed E-state index contributed by atoms with van der Waals surface area (Å²) in [5.74, 6) is -0.536. The Labute approximate surface area is 209 Å². The molecule has 1 aliphatic carbocycles. The number of likely N-dealkylation sites (N-methyl/N-ethyl adjacent to an activating group) is 1. The van der Waals surface area contributed by atoms with E-state index in [1.807, 2.05) is 28.8 Å². The van der Waals surface area contributed by atoms with Crippen LogP contribution in [0.3, 0.4) is 0 Å². The molecule has 1 saturated carbocycles. The summed E-state index contributed by atoms with van der Waals surface area (Å²) in [6, 6.07) is 14.6. The molecule has 1 amide bonds. The normalized spacial score (nSPS) is 14.6. The number of carbonyl (C=O) groups is 1. The third-order valence-electron chi connectivity index (χ3n) is 7.31. The van der Waals surface area contributed by atoms with Crippen LogP contribution < -0.4 is 10.9 Å². The molecular weight excluding hydrogens is 457 g/mol. The fraction of sp³-hybridized carbons (Fsp3) is 0.393. The maximum atomic E-state index is 13.5. The number of benzene rings is 2. The largest absolute Gasteiger partial charge is 0.353 e. The van der Waals surface area contributed by atoms with Crippen molar-refractivity contribution < 1.29 is 9.18 Å². The minimum Gasteiger partial charge on any atom is -0.353 e. The lowest BCUT2D eigenvalue weighted by molar-refractivity contribution is -0.122. The van der Waals surface area contributed by atoms with Crippen molar-refractivity contribution in [3.8, 4) is 0 Å². The highest BCUT2D eigenvalue weighted by Gasteiger charge is 2.19. The summed E-state index contributed by atoms with van der Waals surface area (Å²) in [7, 11) is 2.11. The number of rotatable bonds is 8. The third-order valence-corrected chi connectivity index (χ3v) is 7.31.